The Labute approximate surface area is 320 Å². The fourth-order valence-electron chi connectivity index (χ4n) is 6.20. The first-order valence-electron chi connectivity index (χ1n) is 27.7. The van der Waals surface area contributed by atoms with E-state index < -0.39 is 234 Å². The van der Waals surface area contributed by atoms with Crippen molar-refractivity contribution in [2.75, 3.05) is 0 Å². The molecule has 0 N–H and O–H groups in total. The van der Waals surface area contributed by atoms with Gasteiger partial charge in [0.1, 0.15) is 11.2 Å². The summed E-state index contributed by atoms with van der Waals surface area (Å²) in [7, 11) is 0. The fraction of sp³-hybridized carbons (Fsp3) is 0. The van der Waals surface area contributed by atoms with Crippen LogP contribution in [0.25, 0.3) is 98.8 Å². The van der Waals surface area contributed by atoms with Crippen LogP contribution in [-0.2, 0) is 0 Å². The van der Waals surface area contributed by atoms with E-state index in [2.05, 4.69) is 0 Å². The second kappa shape index (κ2) is 11.1. The second-order valence-electron chi connectivity index (χ2n) is 10.8. The second-order valence-corrected chi connectivity index (χ2v) is 10.8. The summed E-state index contributed by atoms with van der Waals surface area (Å²) >= 11 is 0. The summed E-state index contributed by atoms with van der Waals surface area (Å²) in [5, 5.41) is -4.22. The highest BCUT2D eigenvalue weighted by molar-refractivity contribution is 6.27. The SMILES string of the molecule is [2H]c1c([2H])c([2H])c(-c2ccccc2-c2c3c([2H])c([2H])c([2H])c([2H])c3c(-c3c([2H])c([2H])c([2H])c4oc5c6c([2H])c([2H])c(-c7c([2H])c([2H])c([2H])c([2H])c7[2H])c([2H])c6c([2H])c([2H])c5c34)c3c([2H])c([2H])c([2H])c([2H])c23)c([2H])c1[2H]. The molecule has 9 aromatic carbocycles. The molecule has 10 rings (SSSR count). The van der Waals surface area contributed by atoms with Gasteiger partial charge in [-0.3, -0.25) is 0 Å². The summed E-state index contributed by atoms with van der Waals surface area (Å²) in [6.07, 6.45) is 0. The maximum atomic E-state index is 9.63. The van der Waals surface area contributed by atoms with E-state index in [9.17, 15) is 12.3 Å². The minimum atomic E-state index is -0.922. The van der Waals surface area contributed by atoms with Gasteiger partial charge in [-0.1, -0.05) is 157 Å². The number of rotatable bonds is 4. The van der Waals surface area contributed by atoms with E-state index >= 15 is 0 Å². The molecule has 0 spiro atoms. The molecule has 1 heterocycles. The average molecular weight is 649 g/mol. The molecular formula is C48H30O. The van der Waals surface area contributed by atoms with Crippen molar-refractivity contribution in [1.29, 1.82) is 0 Å². The molecule has 0 amide bonds. The highest BCUT2D eigenvalue weighted by atomic mass is 16.3. The van der Waals surface area contributed by atoms with Crippen molar-refractivity contribution in [2.45, 2.75) is 0 Å². The molecule has 0 aliphatic heterocycles. The zero-order valence-electron chi connectivity index (χ0n) is 50.7. The molecule has 1 heteroatoms. The third-order valence-electron chi connectivity index (χ3n) is 8.21. The zero-order valence-corrected chi connectivity index (χ0v) is 24.7. The van der Waals surface area contributed by atoms with Gasteiger partial charge in [0.25, 0.3) is 0 Å². The third kappa shape index (κ3) is 4.33. The first-order valence-corrected chi connectivity index (χ1v) is 14.7. The molecule has 0 fully saturated rings. The Bertz CT molecular complexity index is 4230. The van der Waals surface area contributed by atoms with Gasteiger partial charge in [0.05, 0.1) is 35.6 Å². The van der Waals surface area contributed by atoms with Crippen LogP contribution in [0.4, 0.5) is 0 Å². The predicted octanol–water partition coefficient (Wildman–Crippen LogP) is 13.7. The molecule has 0 atom stereocenters. The quantitative estimate of drug-likeness (QED) is 0.173. The molecule has 0 aliphatic rings. The topological polar surface area (TPSA) is 13.1 Å². The van der Waals surface area contributed by atoms with E-state index in [-0.39, 0.29) is 22.3 Å². The maximum Gasteiger partial charge on any atom is 0.143 e. The van der Waals surface area contributed by atoms with Crippen molar-refractivity contribution in [3.8, 4) is 44.5 Å². The molecule has 1 nitrogen and oxygen atoms in total. The van der Waals surface area contributed by atoms with Gasteiger partial charge in [-0.05, 0) is 95.6 Å². The first kappa shape index (κ1) is 12.2. The van der Waals surface area contributed by atoms with Crippen molar-refractivity contribution in [2.24, 2.45) is 0 Å². The van der Waals surface area contributed by atoms with Gasteiger partial charge >= 0.3 is 0 Å². The number of hydrogen-bond donors (Lipinski definition) is 0. The minimum Gasteiger partial charge on any atom is -0.455 e. The van der Waals surface area contributed by atoms with E-state index in [1.54, 1.807) is 0 Å². The lowest BCUT2D eigenvalue weighted by Gasteiger charge is -2.20. The summed E-state index contributed by atoms with van der Waals surface area (Å²) in [6.45, 7) is 0. The molecule has 0 aliphatic carbocycles. The number of hydrogen-bond acceptors (Lipinski definition) is 1. The Kier molecular flexibility index (Phi) is 2.76. The average Bonchev–Trinajstić information content (AvgIpc) is 3.79. The lowest BCUT2D eigenvalue weighted by atomic mass is 9.83. The van der Waals surface area contributed by atoms with Crippen LogP contribution in [0, 0.1) is 0 Å². The van der Waals surface area contributed by atoms with Gasteiger partial charge in [0.15, 0.2) is 0 Å². The highest BCUT2D eigenvalue weighted by Crippen LogP contribution is 2.48. The van der Waals surface area contributed by atoms with Crippen LogP contribution in [0.3, 0.4) is 0 Å². The van der Waals surface area contributed by atoms with Gasteiger partial charge in [0.2, 0.25) is 0 Å². The lowest BCUT2D eigenvalue weighted by Crippen LogP contribution is -1.93. The van der Waals surface area contributed by atoms with E-state index in [1.807, 2.05) is 0 Å². The molecule has 0 radical (unpaired) electrons. The number of benzene rings is 9. The molecule has 10 aromatic rings. The van der Waals surface area contributed by atoms with Crippen LogP contribution < -0.4 is 0 Å². The van der Waals surface area contributed by atoms with E-state index in [4.69, 9.17) is 27.7 Å². The minimum absolute atomic E-state index is 0.127. The molecular weight excluding hydrogens is 593 g/mol. The standard InChI is InChI=1S/C48H30O/c1-3-14-31(15-4-1)33-26-28-36-34(30-33)27-29-43-47-42(24-13-25-44(47)49-48(36)43)46-40-22-11-9-20-38(40)45(39-21-10-12-23-41(39)46)37-19-8-7-18-35(37)32-16-5-2-6-17-32/h1-30H/i1D,2D,3D,4D,5D,6D,9D,10D,11D,12D,13D,14D,15D,16D,17D,20D,21D,22D,23D,24D,25D,26D,27D,28D,29D,30D. The fourth-order valence-corrected chi connectivity index (χ4v) is 6.20. The molecule has 0 saturated carbocycles. The van der Waals surface area contributed by atoms with Crippen molar-refractivity contribution < 1.29 is 40.1 Å². The van der Waals surface area contributed by atoms with E-state index in [0.29, 0.717) is 0 Å². The molecule has 0 bridgehead atoms. The van der Waals surface area contributed by atoms with Crippen LogP contribution in [0.5, 0.6) is 0 Å². The molecule has 49 heavy (non-hydrogen) atoms. The van der Waals surface area contributed by atoms with Crippen LogP contribution in [-0.4, -0.2) is 0 Å². The van der Waals surface area contributed by atoms with Gasteiger partial charge in [-0.15, -0.1) is 0 Å². The van der Waals surface area contributed by atoms with Gasteiger partial charge < -0.3 is 4.42 Å². The Balaban J connectivity index is 1.48. The predicted molar refractivity (Wildman–Crippen MR) is 208 cm³/mol. The monoisotopic (exact) mass is 648 g/mol. The lowest BCUT2D eigenvalue weighted by molar-refractivity contribution is 0.673. The molecule has 0 unspecified atom stereocenters. The normalized spacial score (nSPS) is 19.1. The van der Waals surface area contributed by atoms with Crippen molar-refractivity contribution in [1.82, 2.24) is 0 Å². The molecule has 0 saturated heterocycles. The van der Waals surface area contributed by atoms with Crippen LogP contribution >= 0.6 is 0 Å². The molecule has 1 aromatic heterocycles. The molecule has 228 valence electrons. The van der Waals surface area contributed by atoms with Crippen molar-refractivity contribution in [3.63, 3.8) is 0 Å². The van der Waals surface area contributed by atoms with Crippen LogP contribution in [0.1, 0.15) is 35.6 Å². The van der Waals surface area contributed by atoms with E-state index in [1.165, 1.54) is 24.3 Å². The third-order valence-corrected chi connectivity index (χ3v) is 8.21. The number of furan rings is 1. The smallest absolute Gasteiger partial charge is 0.143 e. The number of fused-ring (bicyclic) bond motifs is 7. The van der Waals surface area contributed by atoms with Crippen LogP contribution in [0.15, 0.2) is 186 Å². The van der Waals surface area contributed by atoms with Crippen LogP contribution in [0.2, 0.25) is 0 Å². The summed E-state index contributed by atoms with van der Waals surface area (Å²) in [5.74, 6) is 0. The van der Waals surface area contributed by atoms with Crippen molar-refractivity contribution in [3.05, 3.63) is 181 Å². The van der Waals surface area contributed by atoms with Crippen molar-refractivity contribution >= 4 is 54.3 Å². The van der Waals surface area contributed by atoms with Gasteiger partial charge in [0, 0.05) is 16.2 Å². The highest BCUT2D eigenvalue weighted by Gasteiger charge is 2.22. The Hall–Kier alpha value is -6.44. The zero-order chi connectivity index (χ0) is 54.9. The Morgan fingerprint density at radius 2 is 0.959 bits per heavy atom. The maximum absolute atomic E-state index is 9.63. The Morgan fingerprint density at radius 3 is 1.63 bits per heavy atom. The summed E-state index contributed by atoms with van der Waals surface area (Å²) in [6, 6.07) is -16.0. The van der Waals surface area contributed by atoms with Gasteiger partial charge in [-0.2, -0.15) is 0 Å². The summed E-state index contributed by atoms with van der Waals surface area (Å²) in [4.78, 5) is 0. The summed E-state index contributed by atoms with van der Waals surface area (Å²) in [5.41, 5.74) is -4.72. The first-order chi connectivity index (χ1) is 35.1. The van der Waals surface area contributed by atoms with Gasteiger partial charge in [-0.25, -0.2) is 0 Å². The summed E-state index contributed by atoms with van der Waals surface area (Å²) < 4.78 is 240. The van der Waals surface area contributed by atoms with E-state index in [0.717, 1.165) is 0 Å². The Morgan fingerprint density at radius 1 is 0.388 bits per heavy atom. The largest absolute Gasteiger partial charge is 0.455 e.